The molecule has 4 nitrogen and oxygen atoms in total. The Morgan fingerprint density at radius 3 is 2.27 bits per heavy atom. The van der Waals surface area contributed by atoms with E-state index >= 15 is 0 Å². The van der Waals surface area contributed by atoms with Crippen LogP contribution in [-0.2, 0) is 7.05 Å². The third-order valence-electron chi connectivity index (χ3n) is 3.36. The quantitative estimate of drug-likeness (QED) is 0.547. The van der Waals surface area contributed by atoms with Crippen molar-refractivity contribution in [2.75, 3.05) is 0 Å². The first-order valence-electron chi connectivity index (χ1n) is 7.01. The molecule has 0 fully saturated rings. The lowest BCUT2D eigenvalue weighted by Gasteiger charge is -2.05. The summed E-state index contributed by atoms with van der Waals surface area (Å²) in [6.45, 7) is 1.99. The largest absolute Gasteiger partial charge is 0.423 e. The zero-order valence-corrected chi connectivity index (χ0v) is 12.5. The van der Waals surface area contributed by atoms with Crippen LogP contribution in [0, 0.1) is 6.92 Å². The van der Waals surface area contributed by atoms with Crippen molar-refractivity contribution in [1.82, 2.24) is 9.78 Å². The number of esters is 1. The molecular formula is C18H16N2O2. The second kappa shape index (κ2) is 5.85. The fraction of sp³-hybridized carbons (Fsp3) is 0.111. The zero-order chi connectivity index (χ0) is 15.5. The van der Waals surface area contributed by atoms with Gasteiger partial charge in [-0.25, -0.2) is 4.79 Å². The molecule has 1 heterocycles. The Kier molecular flexibility index (Phi) is 3.74. The highest BCUT2D eigenvalue weighted by Gasteiger charge is 2.09. The third kappa shape index (κ3) is 3.06. The van der Waals surface area contributed by atoms with Crippen LogP contribution in [0.25, 0.3) is 11.3 Å². The molecule has 0 saturated heterocycles. The first-order chi connectivity index (χ1) is 10.6. The van der Waals surface area contributed by atoms with Gasteiger partial charge in [0.05, 0.1) is 11.3 Å². The summed E-state index contributed by atoms with van der Waals surface area (Å²) in [5, 5.41) is 4.33. The minimum atomic E-state index is -0.364. The van der Waals surface area contributed by atoms with Gasteiger partial charge in [-0.2, -0.15) is 5.10 Å². The number of rotatable bonds is 3. The number of carbonyl (C=O) groups is 1. The lowest BCUT2D eigenvalue weighted by Crippen LogP contribution is -2.08. The highest BCUT2D eigenvalue weighted by atomic mass is 16.5. The van der Waals surface area contributed by atoms with Crippen LogP contribution >= 0.6 is 0 Å². The number of carbonyl (C=O) groups excluding carboxylic acids is 1. The van der Waals surface area contributed by atoms with E-state index in [0.29, 0.717) is 11.3 Å². The van der Waals surface area contributed by atoms with Crippen LogP contribution in [0.1, 0.15) is 15.9 Å². The lowest BCUT2D eigenvalue weighted by molar-refractivity contribution is 0.0735. The van der Waals surface area contributed by atoms with Crippen molar-refractivity contribution in [2.45, 2.75) is 6.92 Å². The van der Waals surface area contributed by atoms with Crippen LogP contribution in [0.5, 0.6) is 5.75 Å². The Hall–Kier alpha value is -2.88. The van der Waals surface area contributed by atoms with Gasteiger partial charge in [-0.3, -0.25) is 4.68 Å². The first kappa shape index (κ1) is 14.1. The molecule has 0 unspecified atom stereocenters. The van der Waals surface area contributed by atoms with Crippen molar-refractivity contribution in [3.8, 4) is 17.0 Å². The van der Waals surface area contributed by atoms with E-state index in [2.05, 4.69) is 5.10 Å². The van der Waals surface area contributed by atoms with Crippen molar-refractivity contribution in [3.05, 3.63) is 71.9 Å². The van der Waals surface area contributed by atoms with Crippen molar-refractivity contribution in [2.24, 2.45) is 7.05 Å². The molecule has 0 saturated carbocycles. The van der Waals surface area contributed by atoms with Crippen LogP contribution in [-0.4, -0.2) is 15.7 Å². The summed E-state index contributed by atoms with van der Waals surface area (Å²) in [7, 11) is 1.87. The Morgan fingerprint density at radius 1 is 1.00 bits per heavy atom. The molecule has 0 aliphatic heterocycles. The van der Waals surface area contributed by atoms with Crippen LogP contribution in [0.4, 0.5) is 0 Å². The van der Waals surface area contributed by atoms with Crippen molar-refractivity contribution < 1.29 is 9.53 Å². The molecule has 3 aromatic rings. The van der Waals surface area contributed by atoms with Gasteiger partial charge in [0.25, 0.3) is 0 Å². The van der Waals surface area contributed by atoms with E-state index < -0.39 is 0 Å². The Morgan fingerprint density at radius 2 is 1.68 bits per heavy atom. The van der Waals surface area contributed by atoms with Crippen molar-refractivity contribution >= 4 is 5.97 Å². The monoisotopic (exact) mass is 292 g/mol. The van der Waals surface area contributed by atoms with Gasteiger partial charge in [0.1, 0.15) is 5.75 Å². The van der Waals surface area contributed by atoms with Crippen molar-refractivity contribution in [3.63, 3.8) is 0 Å². The Labute approximate surface area is 129 Å². The van der Waals surface area contributed by atoms with Gasteiger partial charge in [0.2, 0.25) is 0 Å². The van der Waals surface area contributed by atoms with Gasteiger partial charge < -0.3 is 4.74 Å². The van der Waals surface area contributed by atoms with Gasteiger partial charge in [-0.1, -0.05) is 29.8 Å². The van der Waals surface area contributed by atoms with E-state index in [-0.39, 0.29) is 5.97 Å². The molecule has 0 aliphatic rings. The fourth-order valence-corrected chi connectivity index (χ4v) is 2.12. The molecule has 0 radical (unpaired) electrons. The van der Waals surface area contributed by atoms with Gasteiger partial charge in [-0.05, 0) is 37.3 Å². The number of nitrogens with zero attached hydrogens (tertiary/aromatic N) is 2. The summed E-state index contributed by atoms with van der Waals surface area (Å²) in [4.78, 5) is 12.1. The normalized spacial score (nSPS) is 10.5. The molecule has 4 heteroatoms. The smallest absolute Gasteiger partial charge is 0.343 e. The van der Waals surface area contributed by atoms with Gasteiger partial charge in [-0.15, -0.1) is 0 Å². The van der Waals surface area contributed by atoms with E-state index in [9.17, 15) is 4.79 Å². The predicted octanol–water partition coefficient (Wildman–Crippen LogP) is 3.61. The van der Waals surface area contributed by atoms with Crippen LogP contribution < -0.4 is 4.74 Å². The molecule has 0 atom stereocenters. The fourth-order valence-electron chi connectivity index (χ4n) is 2.12. The number of aromatic nitrogens is 2. The SMILES string of the molecule is Cc1ccc(OC(=O)c2ccc(-c3ccn(C)n3)cc2)cc1. The number of aryl methyl sites for hydroxylation is 2. The topological polar surface area (TPSA) is 44.1 Å². The summed E-state index contributed by atoms with van der Waals surface area (Å²) in [6, 6.07) is 16.6. The highest BCUT2D eigenvalue weighted by molar-refractivity contribution is 5.91. The van der Waals surface area contributed by atoms with Gasteiger partial charge in [0, 0.05) is 18.8 Å². The molecule has 1 aromatic heterocycles. The summed E-state index contributed by atoms with van der Waals surface area (Å²) in [5.41, 5.74) is 3.48. The van der Waals surface area contributed by atoms with Crippen LogP contribution in [0.15, 0.2) is 60.8 Å². The second-order valence-electron chi connectivity index (χ2n) is 5.15. The summed E-state index contributed by atoms with van der Waals surface area (Å²) in [6.07, 6.45) is 1.88. The maximum atomic E-state index is 12.1. The van der Waals surface area contributed by atoms with Gasteiger partial charge >= 0.3 is 5.97 Å². The maximum absolute atomic E-state index is 12.1. The zero-order valence-electron chi connectivity index (χ0n) is 12.5. The number of benzene rings is 2. The van der Waals surface area contributed by atoms with Crippen LogP contribution in [0.3, 0.4) is 0 Å². The molecular weight excluding hydrogens is 276 g/mol. The molecule has 0 N–H and O–H groups in total. The average Bonchev–Trinajstić information content (AvgIpc) is 2.96. The van der Waals surface area contributed by atoms with Gasteiger partial charge in [0.15, 0.2) is 0 Å². The second-order valence-corrected chi connectivity index (χ2v) is 5.15. The third-order valence-corrected chi connectivity index (χ3v) is 3.36. The first-order valence-corrected chi connectivity index (χ1v) is 7.01. The summed E-state index contributed by atoms with van der Waals surface area (Å²) in [5.74, 6) is 0.181. The van der Waals surface area contributed by atoms with E-state index in [1.54, 1.807) is 28.9 Å². The molecule has 0 bridgehead atoms. The molecule has 22 heavy (non-hydrogen) atoms. The number of hydrogen-bond donors (Lipinski definition) is 0. The minimum Gasteiger partial charge on any atom is -0.423 e. The summed E-state index contributed by atoms with van der Waals surface area (Å²) >= 11 is 0. The van der Waals surface area contributed by atoms with E-state index in [4.69, 9.17) is 4.74 Å². The standard InChI is InChI=1S/C18H16N2O2/c1-13-3-9-16(10-4-13)22-18(21)15-7-5-14(6-8-15)17-11-12-20(2)19-17/h3-12H,1-2H3. The Balaban J connectivity index is 1.74. The van der Waals surface area contributed by atoms with Crippen molar-refractivity contribution in [1.29, 1.82) is 0 Å². The van der Waals surface area contributed by atoms with Crippen LogP contribution in [0.2, 0.25) is 0 Å². The number of ether oxygens (including phenoxy) is 1. The van der Waals surface area contributed by atoms with E-state index in [0.717, 1.165) is 16.8 Å². The molecule has 0 aliphatic carbocycles. The number of hydrogen-bond acceptors (Lipinski definition) is 3. The molecule has 0 spiro atoms. The molecule has 0 amide bonds. The molecule has 2 aromatic carbocycles. The highest BCUT2D eigenvalue weighted by Crippen LogP contribution is 2.19. The maximum Gasteiger partial charge on any atom is 0.343 e. The molecule has 110 valence electrons. The molecule has 3 rings (SSSR count). The average molecular weight is 292 g/mol. The lowest BCUT2D eigenvalue weighted by atomic mass is 10.1. The van der Waals surface area contributed by atoms with E-state index in [1.165, 1.54) is 0 Å². The minimum absolute atomic E-state index is 0.364. The van der Waals surface area contributed by atoms with E-state index in [1.807, 2.05) is 50.5 Å². The predicted molar refractivity (Wildman–Crippen MR) is 84.8 cm³/mol. The summed E-state index contributed by atoms with van der Waals surface area (Å²) < 4.78 is 7.09. The Bertz CT molecular complexity index is 787.